The zero-order valence-electron chi connectivity index (χ0n) is 9.82. The third kappa shape index (κ3) is 2.29. The SMILES string of the molecule is Oc1cc(F)cc(CNC2CC3CCC2C3)c1. The Morgan fingerprint density at radius 2 is 2.12 bits per heavy atom. The van der Waals surface area contributed by atoms with Gasteiger partial charge < -0.3 is 10.4 Å². The molecule has 0 radical (unpaired) electrons. The van der Waals surface area contributed by atoms with Crippen LogP contribution < -0.4 is 5.32 Å². The van der Waals surface area contributed by atoms with Gasteiger partial charge in [-0.05, 0) is 48.8 Å². The fourth-order valence-corrected chi connectivity index (χ4v) is 3.48. The van der Waals surface area contributed by atoms with Crippen LogP contribution in [0.4, 0.5) is 4.39 Å². The van der Waals surface area contributed by atoms with Gasteiger partial charge in [-0.2, -0.15) is 0 Å². The Morgan fingerprint density at radius 1 is 1.24 bits per heavy atom. The molecule has 92 valence electrons. The maximum absolute atomic E-state index is 13.1. The van der Waals surface area contributed by atoms with Crippen molar-refractivity contribution in [1.82, 2.24) is 5.32 Å². The fraction of sp³-hybridized carbons (Fsp3) is 0.571. The standard InChI is InChI=1S/C14H18FNO/c15-12-4-10(5-13(17)7-12)8-16-14-6-9-1-2-11(14)3-9/h4-5,7,9,11,14,16-17H,1-3,6,8H2. The van der Waals surface area contributed by atoms with Crippen molar-refractivity contribution in [2.24, 2.45) is 11.8 Å². The summed E-state index contributed by atoms with van der Waals surface area (Å²) >= 11 is 0. The predicted molar refractivity (Wildman–Crippen MR) is 64.1 cm³/mol. The molecule has 17 heavy (non-hydrogen) atoms. The van der Waals surface area contributed by atoms with Gasteiger partial charge in [-0.15, -0.1) is 0 Å². The van der Waals surface area contributed by atoms with Crippen LogP contribution in [0.1, 0.15) is 31.2 Å². The summed E-state index contributed by atoms with van der Waals surface area (Å²) in [4.78, 5) is 0. The summed E-state index contributed by atoms with van der Waals surface area (Å²) in [5.74, 6) is 1.38. The van der Waals surface area contributed by atoms with Gasteiger partial charge in [0, 0.05) is 18.7 Å². The van der Waals surface area contributed by atoms with E-state index in [0.717, 1.165) is 23.5 Å². The predicted octanol–water partition coefficient (Wildman–Crippen LogP) is 2.81. The summed E-state index contributed by atoms with van der Waals surface area (Å²) in [6, 6.07) is 4.85. The quantitative estimate of drug-likeness (QED) is 0.844. The molecule has 1 aromatic rings. The molecular weight excluding hydrogens is 217 g/mol. The molecule has 3 atom stereocenters. The van der Waals surface area contributed by atoms with Crippen molar-refractivity contribution >= 4 is 0 Å². The number of rotatable bonds is 3. The number of halogens is 1. The second kappa shape index (κ2) is 4.30. The van der Waals surface area contributed by atoms with Gasteiger partial charge in [-0.25, -0.2) is 4.39 Å². The largest absolute Gasteiger partial charge is 0.508 e. The van der Waals surface area contributed by atoms with Gasteiger partial charge in [-0.3, -0.25) is 0 Å². The Hall–Kier alpha value is -1.09. The molecule has 1 aromatic carbocycles. The second-order valence-corrected chi connectivity index (χ2v) is 5.48. The molecule has 3 unspecified atom stereocenters. The Kier molecular flexibility index (Phi) is 2.79. The topological polar surface area (TPSA) is 32.3 Å². The van der Waals surface area contributed by atoms with E-state index in [1.54, 1.807) is 6.07 Å². The van der Waals surface area contributed by atoms with E-state index >= 15 is 0 Å². The average molecular weight is 235 g/mol. The van der Waals surface area contributed by atoms with Crippen LogP contribution in [0.15, 0.2) is 18.2 Å². The van der Waals surface area contributed by atoms with E-state index in [2.05, 4.69) is 5.32 Å². The van der Waals surface area contributed by atoms with Gasteiger partial charge >= 0.3 is 0 Å². The van der Waals surface area contributed by atoms with Gasteiger partial charge in [0.15, 0.2) is 0 Å². The summed E-state index contributed by atoms with van der Waals surface area (Å²) in [7, 11) is 0. The molecule has 0 heterocycles. The fourth-order valence-electron chi connectivity index (χ4n) is 3.48. The van der Waals surface area contributed by atoms with E-state index in [1.165, 1.54) is 31.7 Å². The highest BCUT2D eigenvalue weighted by atomic mass is 19.1. The molecule has 2 aliphatic carbocycles. The number of phenolic OH excluding ortho intramolecular Hbond substituents is 1. The number of aromatic hydroxyl groups is 1. The average Bonchev–Trinajstić information content (AvgIpc) is 2.86. The molecule has 3 rings (SSSR count). The highest BCUT2D eigenvalue weighted by Gasteiger charge is 2.38. The summed E-state index contributed by atoms with van der Waals surface area (Å²) in [5.41, 5.74) is 0.824. The normalized spacial score (nSPS) is 31.0. The molecule has 3 heteroatoms. The molecule has 2 saturated carbocycles. The number of phenols is 1. The summed E-state index contributed by atoms with van der Waals surface area (Å²) in [5, 5.41) is 12.8. The lowest BCUT2D eigenvalue weighted by atomic mass is 9.95. The van der Waals surface area contributed by atoms with Crippen molar-refractivity contribution in [3.8, 4) is 5.75 Å². The van der Waals surface area contributed by atoms with Gasteiger partial charge in [0.1, 0.15) is 11.6 Å². The number of hydrogen-bond acceptors (Lipinski definition) is 2. The van der Waals surface area contributed by atoms with Crippen LogP contribution in [0.5, 0.6) is 5.75 Å². The monoisotopic (exact) mass is 235 g/mol. The van der Waals surface area contributed by atoms with Crippen LogP contribution in [0.2, 0.25) is 0 Å². The molecule has 2 N–H and O–H groups in total. The van der Waals surface area contributed by atoms with Crippen molar-refractivity contribution in [1.29, 1.82) is 0 Å². The third-order valence-electron chi connectivity index (χ3n) is 4.25. The van der Waals surface area contributed by atoms with Crippen LogP contribution in [0, 0.1) is 17.7 Å². The first kappa shape index (κ1) is 11.0. The molecule has 0 saturated heterocycles. The van der Waals surface area contributed by atoms with Crippen LogP contribution in [0.3, 0.4) is 0 Å². The maximum Gasteiger partial charge on any atom is 0.127 e. The van der Waals surface area contributed by atoms with E-state index in [0.29, 0.717) is 12.6 Å². The van der Waals surface area contributed by atoms with E-state index in [4.69, 9.17) is 0 Å². The van der Waals surface area contributed by atoms with Gasteiger partial charge in [0.25, 0.3) is 0 Å². The van der Waals surface area contributed by atoms with Crippen molar-refractivity contribution in [2.75, 3.05) is 0 Å². The van der Waals surface area contributed by atoms with E-state index in [-0.39, 0.29) is 11.6 Å². The van der Waals surface area contributed by atoms with Gasteiger partial charge in [0.2, 0.25) is 0 Å². The minimum atomic E-state index is -0.366. The van der Waals surface area contributed by atoms with Gasteiger partial charge in [-0.1, -0.05) is 6.42 Å². The lowest BCUT2D eigenvalue weighted by Crippen LogP contribution is -2.33. The first-order valence-corrected chi connectivity index (χ1v) is 6.42. The molecule has 2 fully saturated rings. The number of benzene rings is 1. The first-order chi connectivity index (χ1) is 8.20. The summed E-state index contributed by atoms with van der Waals surface area (Å²) in [6.07, 6.45) is 5.37. The highest BCUT2D eigenvalue weighted by molar-refractivity contribution is 5.28. The lowest BCUT2D eigenvalue weighted by Gasteiger charge is -2.23. The minimum absolute atomic E-state index is 0.00902. The van der Waals surface area contributed by atoms with Crippen LogP contribution in [-0.2, 0) is 6.54 Å². The molecule has 0 amide bonds. The smallest absolute Gasteiger partial charge is 0.127 e. The Labute approximate surface area is 101 Å². The van der Waals surface area contributed by atoms with Crippen molar-refractivity contribution < 1.29 is 9.50 Å². The number of fused-ring (bicyclic) bond motifs is 2. The van der Waals surface area contributed by atoms with E-state index in [1.807, 2.05) is 0 Å². The van der Waals surface area contributed by atoms with Gasteiger partial charge in [0.05, 0.1) is 0 Å². The maximum atomic E-state index is 13.1. The molecular formula is C14H18FNO. The molecule has 0 spiro atoms. The molecule has 2 bridgehead atoms. The third-order valence-corrected chi connectivity index (χ3v) is 4.25. The molecule has 0 aliphatic heterocycles. The molecule has 2 nitrogen and oxygen atoms in total. The number of nitrogens with one attached hydrogen (secondary N) is 1. The van der Waals surface area contributed by atoms with Crippen molar-refractivity contribution in [3.63, 3.8) is 0 Å². The Morgan fingerprint density at radius 3 is 2.76 bits per heavy atom. The zero-order chi connectivity index (χ0) is 11.8. The highest BCUT2D eigenvalue weighted by Crippen LogP contribution is 2.44. The van der Waals surface area contributed by atoms with Crippen LogP contribution >= 0.6 is 0 Å². The minimum Gasteiger partial charge on any atom is -0.508 e. The van der Waals surface area contributed by atoms with Crippen LogP contribution in [-0.4, -0.2) is 11.1 Å². The van der Waals surface area contributed by atoms with E-state index in [9.17, 15) is 9.50 Å². The first-order valence-electron chi connectivity index (χ1n) is 6.42. The Balaban J connectivity index is 1.60. The van der Waals surface area contributed by atoms with Crippen molar-refractivity contribution in [3.05, 3.63) is 29.6 Å². The zero-order valence-corrected chi connectivity index (χ0v) is 9.82. The summed E-state index contributed by atoms with van der Waals surface area (Å²) < 4.78 is 13.1. The summed E-state index contributed by atoms with van der Waals surface area (Å²) in [6.45, 7) is 0.652. The second-order valence-electron chi connectivity index (χ2n) is 5.48. The molecule has 2 aliphatic rings. The van der Waals surface area contributed by atoms with Crippen LogP contribution in [0.25, 0.3) is 0 Å². The number of hydrogen-bond donors (Lipinski definition) is 2. The van der Waals surface area contributed by atoms with E-state index < -0.39 is 0 Å². The van der Waals surface area contributed by atoms with Crippen molar-refractivity contribution in [2.45, 2.75) is 38.3 Å². The molecule has 0 aromatic heterocycles. The lowest BCUT2D eigenvalue weighted by molar-refractivity contribution is 0.350. The Bertz CT molecular complexity index is 400.